The molecule has 2 fully saturated rings. The van der Waals surface area contributed by atoms with Gasteiger partial charge in [0.05, 0.1) is 19.8 Å². The predicted molar refractivity (Wildman–Crippen MR) is 102 cm³/mol. The lowest BCUT2D eigenvalue weighted by atomic mass is 10.1. The highest BCUT2D eigenvalue weighted by atomic mass is 127. The van der Waals surface area contributed by atoms with Crippen LogP contribution in [-0.2, 0) is 11.3 Å². The Hall–Kier alpha value is -0.940. The third kappa shape index (κ3) is 5.28. The highest BCUT2D eigenvalue weighted by Gasteiger charge is 2.27. The highest BCUT2D eigenvalue weighted by Crippen LogP contribution is 2.18. The summed E-state index contributed by atoms with van der Waals surface area (Å²) in [5.41, 5.74) is 0. The quantitative estimate of drug-likeness (QED) is 0.412. The summed E-state index contributed by atoms with van der Waals surface area (Å²) in [5.74, 6) is 2.85. The van der Waals surface area contributed by atoms with Crippen molar-refractivity contribution in [3.05, 3.63) is 11.7 Å². The number of likely N-dealkylation sites (tertiary alicyclic amines) is 1. The number of aryl methyl sites for hydroxylation is 1. The lowest BCUT2D eigenvalue weighted by Gasteiger charge is -2.29. The third-order valence-electron chi connectivity index (χ3n) is 4.39. The van der Waals surface area contributed by atoms with Gasteiger partial charge in [-0.3, -0.25) is 9.89 Å². The summed E-state index contributed by atoms with van der Waals surface area (Å²) in [6.45, 7) is 9.41. The molecule has 1 atom stereocenters. The summed E-state index contributed by atoms with van der Waals surface area (Å²) < 4.78 is 10.4. The predicted octanol–water partition coefficient (Wildman–Crippen LogP) is 0.726. The normalized spacial score (nSPS) is 22.5. The first-order valence-corrected chi connectivity index (χ1v) is 8.29. The van der Waals surface area contributed by atoms with Gasteiger partial charge in [-0.15, -0.1) is 24.0 Å². The van der Waals surface area contributed by atoms with E-state index in [1.54, 1.807) is 6.92 Å². The van der Waals surface area contributed by atoms with Crippen LogP contribution < -0.4 is 5.32 Å². The van der Waals surface area contributed by atoms with Gasteiger partial charge < -0.3 is 19.5 Å². The minimum atomic E-state index is 0. The number of nitrogens with zero attached hydrogens (tertiary/aromatic N) is 5. The van der Waals surface area contributed by atoms with Crippen LogP contribution in [0.4, 0.5) is 0 Å². The van der Waals surface area contributed by atoms with Crippen molar-refractivity contribution >= 4 is 29.9 Å². The van der Waals surface area contributed by atoms with Crippen LogP contribution in [0.15, 0.2) is 9.52 Å². The van der Waals surface area contributed by atoms with Gasteiger partial charge in [0.15, 0.2) is 11.8 Å². The van der Waals surface area contributed by atoms with Crippen molar-refractivity contribution in [2.45, 2.75) is 19.9 Å². The molecule has 9 heteroatoms. The Labute approximate surface area is 160 Å². The van der Waals surface area contributed by atoms with Crippen molar-refractivity contribution < 1.29 is 9.26 Å². The monoisotopic (exact) mass is 450 g/mol. The van der Waals surface area contributed by atoms with Crippen molar-refractivity contribution in [2.24, 2.45) is 10.9 Å². The average Bonchev–Trinajstić information content (AvgIpc) is 3.19. The molecule has 0 aliphatic carbocycles. The van der Waals surface area contributed by atoms with Gasteiger partial charge in [-0.2, -0.15) is 4.98 Å². The molecule has 1 unspecified atom stereocenters. The first-order chi connectivity index (χ1) is 11.2. The lowest BCUT2D eigenvalue weighted by molar-refractivity contribution is 0.0315. The van der Waals surface area contributed by atoms with Gasteiger partial charge in [0.1, 0.15) is 0 Å². The molecule has 0 spiro atoms. The van der Waals surface area contributed by atoms with Crippen molar-refractivity contribution in [3.63, 3.8) is 0 Å². The Morgan fingerprint density at radius 1 is 1.33 bits per heavy atom. The molecule has 8 nitrogen and oxygen atoms in total. The van der Waals surface area contributed by atoms with Gasteiger partial charge in [-0.1, -0.05) is 5.16 Å². The lowest BCUT2D eigenvalue weighted by Crippen LogP contribution is -2.42. The molecule has 0 aromatic carbocycles. The molecule has 1 N–H and O–H groups in total. The van der Waals surface area contributed by atoms with Gasteiger partial charge in [-0.25, -0.2) is 0 Å². The molecule has 3 heterocycles. The van der Waals surface area contributed by atoms with Crippen LogP contribution in [0.25, 0.3) is 0 Å². The number of rotatable bonds is 4. The number of hydrogen-bond donors (Lipinski definition) is 1. The molecule has 2 aliphatic rings. The van der Waals surface area contributed by atoms with Crippen LogP contribution in [0.2, 0.25) is 0 Å². The van der Waals surface area contributed by atoms with Gasteiger partial charge in [0.25, 0.3) is 0 Å². The van der Waals surface area contributed by atoms with Crippen molar-refractivity contribution in [3.8, 4) is 0 Å². The maximum atomic E-state index is 5.42. The van der Waals surface area contributed by atoms with E-state index in [1.807, 2.05) is 7.05 Å². The number of hydrogen-bond acceptors (Lipinski definition) is 6. The molecule has 0 radical (unpaired) electrons. The highest BCUT2D eigenvalue weighted by molar-refractivity contribution is 14.0. The summed E-state index contributed by atoms with van der Waals surface area (Å²) in [6.07, 6.45) is 1.21. The maximum Gasteiger partial charge on any atom is 0.223 e. The second-order valence-electron chi connectivity index (χ2n) is 6.14. The SMILES string of the molecule is CN=C(NCc1noc(C)n1)N1CCC(CN2CCOCC2)C1.I. The smallest absolute Gasteiger partial charge is 0.223 e. The molecule has 1 aromatic rings. The van der Waals surface area contributed by atoms with Crippen molar-refractivity contribution in [1.29, 1.82) is 0 Å². The fraction of sp³-hybridized carbons (Fsp3) is 0.800. The van der Waals surface area contributed by atoms with Crippen LogP contribution >= 0.6 is 24.0 Å². The molecule has 1 aromatic heterocycles. The van der Waals surface area contributed by atoms with Crippen LogP contribution in [0.3, 0.4) is 0 Å². The summed E-state index contributed by atoms with van der Waals surface area (Å²) in [6, 6.07) is 0. The maximum absolute atomic E-state index is 5.42. The van der Waals surface area contributed by atoms with E-state index in [4.69, 9.17) is 9.26 Å². The van der Waals surface area contributed by atoms with Gasteiger partial charge in [0.2, 0.25) is 5.89 Å². The first-order valence-electron chi connectivity index (χ1n) is 8.29. The number of ether oxygens (including phenoxy) is 1. The van der Waals surface area contributed by atoms with E-state index in [2.05, 4.69) is 30.2 Å². The zero-order valence-electron chi connectivity index (χ0n) is 14.4. The Kier molecular flexibility index (Phi) is 7.69. The Balaban J connectivity index is 0.00000208. The number of aliphatic imine (C=N–C) groups is 1. The largest absolute Gasteiger partial charge is 0.379 e. The molecular weight excluding hydrogens is 423 g/mol. The Morgan fingerprint density at radius 2 is 2.12 bits per heavy atom. The van der Waals surface area contributed by atoms with Gasteiger partial charge in [0, 0.05) is 46.7 Å². The zero-order chi connectivity index (χ0) is 16.1. The zero-order valence-corrected chi connectivity index (χ0v) is 16.7. The Bertz CT molecular complexity index is 532. The van der Waals surface area contributed by atoms with Crippen LogP contribution in [0, 0.1) is 12.8 Å². The van der Waals surface area contributed by atoms with E-state index in [9.17, 15) is 0 Å². The number of nitrogens with one attached hydrogen (secondary N) is 1. The van der Waals surface area contributed by atoms with Gasteiger partial charge in [-0.05, 0) is 12.3 Å². The molecule has 136 valence electrons. The van der Waals surface area contributed by atoms with E-state index in [0.717, 1.165) is 51.9 Å². The number of guanidine groups is 1. The number of aromatic nitrogens is 2. The summed E-state index contributed by atoms with van der Waals surface area (Å²) in [4.78, 5) is 13.4. The van der Waals surface area contributed by atoms with Gasteiger partial charge >= 0.3 is 0 Å². The average molecular weight is 450 g/mol. The summed E-state index contributed by atoms with van der Waals surface area (Å²) in [5, 5.41) is 7.22. The van der Waals surface area contributed by atoms with Crippen molar-refractivity contribution in [2.75, 3.05) is 53.0 Å². The molecular formula is C15H27IN6O2. The summed E-state index contributed by atoms with van der Waals surface area (Å²) >= 11 is 0. The Morgan fingerprint density at radius 3 is 2.79 bits per heavy atom. The minimum Gasteiger partial charge on any atom is -0.379 e. The standard InChI is InChI=1S/C15H26N6O2.HI/c1-12-18-14(19-23-12)9-17-15(16-2)21-4-3-13(11-21)10-20-5-7-22-8-6-20;/h13H,3-11H2,1-2H3,(H,16,17);1H. The van der Waals surface area contributed by atoms with E-state index >= 15 is 0 Å². The topological polar surface area (TPSA) is 79.0 Å². The van der Waals surface area contributed by atoms with E-state index in [1.165, 1.54) is 6.42 Å². The second-order valence-corrected chi connectivity index (χ2v) is 6.14. The molecule has 0 amide bonds. The second kappa shape index (κ2) is 9.52. The van der Waals surface area contributed by atoms with E-state index in [0.29, 0.717) is 24.2 Å². The number of morpholine rings is 1. The first kappa shape index (κ1) is 19.4. The van der Waals surface area contributed by atoms with Crippen LogP contribution in [-0.4, -0.2) is 78.9 Å². The van der Waals surface area contributed by atoms with Crippen molar-refractivity contribution in [1.82, 2.24) is 25.3 Å². The molecule has 2 saturated heterocycles. The summed E-state index contributed by atoms with van der Waals surface area (Å²) in [7, 11) is 1.82. The van der Waals surface area contributed by atoms with Crippen LogP contribution in [0.1, 0.15) is 18.1 Å². The fourth-order valence-electron chi connectivity index (χ4n) is 3.23. The molecule has 24 heavy (non-hydrogen) atoms. The minimum absolute atomic E-state index is 0. The van der Waals surface area contributed by atoms with Crippen LogP contribution in [0.5, 0.6) is 0 Å². The molecule has 3 rings (SSSR count). The third-order valence-corrected chi connectivity index (χ3v) is 4.39. The molecule has 0 bridgehead atoms. The fourth-order valence-corrected chi connectivity index (χ4v) is 3.23. The molecule has 0 saturated carbocycles. The molecule has 2 aliphatic heterocycles. The van der Waals surface area contributed by atoms with E-state index in [-0.39, 0.29) is 24.0 Å². The van der Waals surface area contributed by atoms with E-state index < -0.39 is 0 Å². The number of halogens is 1.